The van der Waals surface area contributed by atoms with Crippen LogP contribution in [0.25, 0.3) is 10.9 Å². The summed E-state index contributed by atoms with van der Waals surface area (Å²) in [5.41, 5.74) is 2.32. The molecule has 0 aliphatic carbocycles. The summed E-state index contributed by atoms with van der Waals surface area (Å²) in [5.74, 6) is -1.32. The number of carbonyl (C=O) groups excluding carboxylic acids is 1. The van der Waals surface area contributed by atoms with E-state index in [1.54, 1.807) is 12.1 Å². The molecule has 1 aliphatic rings. The zero-order valence-electron chi connectivity index (χ0n) is 11.3. The average Bonchev–Trinajstić information content (AvgIpc) is 2.91. The Labute approximate surface area is 121 Å². The average molecular weight is 311 g/mol. The molecule has 3 rings (SSSR count). The number of nitrogens with one attached hydrogen (secondary N) is 1. The molecule has 1 saturated heterocycles. The molecule has 112 valence electrons. The summed E-state index contributed by atoms with van der Waals surface area (Å²) in [6.45, 7) is 2.11. The molecule has 0 radical (unpaired) electrons. The van der Waals surface area contributed by atoms with Crippen molar-refractivity contribution >= 4 is 32.7 Å². The highest BCUT2D eigenvalue weighted by atomic mass is 32.3. The van der Waals surface area contributed by atoms with E-state index in [1.165, 1.54) is 4.90 Å². The van der Waals surface area contributed by atoms with Crippen LogP contribution in [0.1, 0.15) is 12.1 Å². The van der Waals surface area contributed by atoms with Gasteiger partial charge in [-0.2, -0.15) is 13.5 Å². The normalized spacial score (nSPS) is 19.6. The van der Waals surface area contributed by atoms with Gasteiger partial charge in [-0.05, 0) is 25.1 Å². The second-order valence-corrected chi connectivity index (χ2v) is 6.74. The third kappa shape index (κ3) is 2.76. The minimum absolute atomic E-state index is 0.0424. The molecular weight excluding hydrogens is 297 g/mol. The van der Waals surface area contributed by atoms with Crippen LogP contribution in [0.2, 0.25) is 0 Å². The van der Waals surface area contributed by atoms with Crippen LogP contribution >= 0.6 is 0 Å². The first kappa shape index (κ1) is 14.0. The molecule has 21 heavy (non-hydrogen) atoms. The van der Waals surface area contributed by atoms with E-state index < -0.39 is 21.9 Å². The van der Waals surface area contributed by atoms with Gasteiger partial charge >= 0.3 is 10.2 Å². The second kappa shape index (κ2) is 4.80. The molecule has 2 aromatic rings. The van der Waals surface area contributed by atoms with Gasteiger partial charge < -0.3 is 4.90 Å². The molecule has 8 heteroatoms. The van der Waals surface area contributed by atoms with Crippen molar-refractivity contribution in [2.45, 2.75) is 13.3 Å². The van der Waals surface area contributed by atoms with E-state index in [-0.39, 0.29) is 18.9 Å². The van der Waals surface area contributed by atoms with Crippen LogP contribution < -0.4 is 4.90 Å². The first-order chi connectivity index (χ1) is 9.83. The molecule has 0 spiro atoms. The summed E-state index contributed by atoms with van der Waals surface area (Å²) in [4.78, 5) is 13.5. The quantitative estimate of drug-likeness (QED) is 0.871. The molecule has 2 heterocycles. The maximum atomic E-state index is 12.7. The number of halogens is 1. The van der Waals surface area contributed by atoms with Crippen LogP contribution in [-0.2, 0) is 15.0 Å². The highest BCUT2D eigenvalue weighted by Gasteiger charge is 2.33. The first-order valence-electron chi connectivity index (χ1n) is 6.51. The maximum absolute atomic E-state index is 12.7. The van der Waals surface area contributed by atoms with Gasteiger partial charge in [0.05, 0.1) is 11.3 Å². The maximum Gasteiger partial charge on any atom is 0.302 e. The lowest BCUT2D eigenvalue weighted by molar-refractivity contribution is -0.117. The smallest absolute Gasteiger partial charge is 0.302 e. The Morgan fingerprint density at radius 1 is 1.48 bits per heavy atom. The number of rotatable bonds is 3. The number of aryl methyl sites for hydroxylation is 1. The molecule has 1 atom stereocenters. The molecule has 1 amide bonds. The van der Waals surface area contributed by atoms with E-state index >= 15 is 0 Å². The minimum atomic E-state index is -4.56. The summed E-state index contributed by atoms with van der Waals surface area (Å²) in [7, 11) is -4.56. The third-order valence-electron chi connectivity index (χ3n) is 3.68. The lowest BCUT2D eigenvalue weighted by Gasteiger charge is -2.16. The summed E-state index contributed by atoms with van der Waals surface area (Å²) in [6.07, 6.45) is 0.0424. The van der Waals surface area contributed by atoms with Crippen molar-refractivity contribution in [2.75, 3.05) is 17.2 Å². The van der Waals surface area contributed by atoms with Crippen molar-refractivity contribution in [2.24, 2.45) is 5.92 Å². The fourth-order valence-electron chi connectivity index (χ4n) is 2.73. The molecular formula is C13H14FN3O3S. The van der Waals surface area contributed by atoms with E-state index in [2.05, 4.69) is 10.2 Å². The van der Waals surface area contributed by atoms with Crippen molar-refractivity contribution < 1.29 is 17.1 Å². The van der Waals surface area contributed by atoms with Gasteiger partial charge in [0.25, 0.3) is 0 Å². The molecule has 1 N–H and O–H groups in total. The molecule has 1 aromatic carbocycles. The predicted molar refractivity (Wildman–Crippen MR) is 76.2 cm³/mol. The number of H-pyrrole nitrogens is 1. The van der Waals surface area contributed by atoms with Crippen LogP contribution in [0, 0.1) is 12.8 Å². The number of hydrogen-bond acceptors (Lipinski definition) is 4. The van der Waals surface area contributed by atoms with Crippen LogP contribution in [0.3, 0.4) is 0 Å². The van der Waals surface area contributed by atoms with Crippen LogP contribution in [0.5, 0.6) is 0 Å². The first-order valence-corrected chi connectivity index (χ1v) is 8.06. The number of amides is 1. The molecule has 1 fully saturated rings. The van der Waals surface area contributed by atoms with Crippen molar-refractivity contribution in [3.8, 4) is 0 Å². The van der Waals surface area contributed by atoms with Crippen LogP contribution in [0.4, 0.5) is 9.57 Å². The third-order valence-corrected chi connectivity index (χ3v) is 4.55. The van der Waals surface area contributed by atoms with Crippen LogP contribution in [0.15, 0.2) is 18.2 Å². The zero-order chi connectivity index (χ0) is 15.2. The van der Waals surface area contributed by atoms with Crippen molar-refractivity contribution in [1.29, 1.82) is 0 Å². The van der Waals surface area contributed by atoms with Gasteiger partial charge in [-0.15, -0.1) is 3.89 Å². The number of nitrogens with zero attached hydrogens (tertiary/aromatic N) is 2. The Kier molecular flexibility index (Phi) is 3.20. The Morgan fingerprint density at radius 2 is 2.24 bits per heavy atom. The van der Waals surface area contributed by atoms with Gasteiger partial charge in [0.1, 0.15) is 0 Å². The lowest BCUT2D eigenvalue weighted by atomic mass is 10.1. The number of benzene rings is 1. The largest absolute Gasteiger partial charge is 0.312 e. The second-order valence-electron chi connectivity index (χ2n) is 5.33. The van der Waals surface area contributed by atoms with Gasteiger partial charge in [-0.25, -0.2) is 0 Å². The van der Waals surface area contributed by atoms with Crippen molar-refractivity contribution in [3.05, 3.63) is 23.9 Å². The van der Waals surface area contributed by atoms with E-state index in [4.69, 9.17) is 0 Å². The van der Waals surface area contributed by atoms with Gasteiger partial charge in [-0.3, -0.25) is 9.89 Å². The summed E-state index contributed by atoms with van der Waals surface area (Å²) in [5, 5.41) is 7.96. The van der Waals surface area contributed by atoms with Gasteiger partial charge in [0, 0.05) is 35.7 Å². The molecule has 1 unspecified atom stereocenters. The Morgan fingerprint density at radius 3 is 2.95 bits per heavy atom. The molecule has 1 aliphatic heterocycles. The van der Waals surface area contributed by atoms with Gasteiger partial charge in [-0.1, -0.05) is 0 Å². The fraction of sp³-hybridized carbons (Fsp3) is 0.385. The Bertz CT molecular complexity index is 815. The Balaban J connectivity index is 1.87. The van der Waals surface area contributed by atoms with E-state index in [1.807, 2.05) is 13.0 Å². The molecule has 1 aromatic heterocycles. The number of aromatic nitrogens is 2. The Hall–Kier alpha value is -1.96. The molecule has 0 saturated carbocycles. The van der Waals surface area contributed by atoms with E-state index in [0.717, 1.165) is 16.6 Å². The topological polar surface area (TPSA) is 83.1 Å². The number of fused-ring (bicyclic) bond motifs is 1. The fourth-order valence-corrected chi connectivity index (χ4v) is 3.51. The highest BCUT2D eigenvalue weighted by Crippen LogP contribution is 2.29. The highest BCUT2D eigenvalue weighted by molar-refractivity contribution is 7.86. The van der Waals surface area contributed by atoms with Crippen molar-refractivity contribution in [1.82, 2.24) is 10.2 Å². The van der Waals surface area contributed by atoms with Crippen LogP contribution in [-0.4, -0.2) is 36.8 Å². The number of carbonyl (C=O) groups is 1. The standard InChI is InChI=1S/C13H14FN3O3S/c1-8-11-3-2-10(5-12(11)16-15-8)17-6-9(4-13(17)18)7-21(14,19)20/h2-3,5,9H,4,6-7H2,1H3,(H,15,16). The summed E-state index contributed by atoms with van der Waals surface area (Å²) in [6, 6.07) is 5.41. The lowest BCUT2D eigenvalue weighted by Crippen LogP contribution is -2.25. The monoisotopic (exact) mass is 311 g/mol. The SMILES string of the molecule is Cc1[nH]nc2cc(N3CC(CS(=O)(=O)F)CC3=O)ccc12. The number of hydrogen-bond donors (Lipinski definition) is 1. The zero-order valence-corrected chi connectivity index (χ0v) is 12.2. The molecule has 6 nitrogen and oxygen atoms in total. The van der Waals surface area contributed by atoms with E-state index in [0.29, 0.717) is 5.69 Å². The summed E-state index contributed by atoms with van der Waals surface area (Å²) >= 11 is 0. The minimum Gasteiger partial charge on any atom is -0.312 e. The van der Waals surface area contributed by atoms with E-state index in [9.17, 15) is 17.1 Å². The number of anilines is 1. The van der Waals surface area contributed by atoms with Gasteiger partial charge in [0.15, 0.2) is 0 Å². The predicted octanol–water partition coefficient (Wildman–Crippen LogP) is 1.52. The van der Waals surface area contributed by atoms with Crippen molar-refractivity contribution in [3.63, 3.8) is 0 Å². The number of aromatic amines is 1. The summed E-state index contributed by atoms with van der Waals surface area (Å²) < 4.78 is 34.1. The van der Waals surface area contributed by atoms with Gasteiger partial charge in [0.2, 0.25) is 5.91 Å². The molecule has 0 bridgehead atoms.